The van der Waals surface area contributed by atoms with Crippen LogP contribution in [0.3, 0.4) is 0 Å². The molecule has 2 aromatic rings. The van der Waals surface area contributed by atoms with E-state index in [1.54, 1.807) is 12.1 Å². The summed E-state index contributed by atoms with van der Waals surface area (Å²) in [5.74, 6) is 0.554. The molecule has 0 saturated heterocycles. The van der Waals surface area contributed by atoms with Crippen molar-refractivity contribution < 1.29 is 39.1 Å². The second kappa shape index (κ2) is 13.7. The van der Waals surface area contributed by atoms with Crippen LogP contribution in [0.4, 0.5) is 0 Å². The molecule has 2 aromatic carbocycles. The van der Waals surface area contributed by atoms with E-state index in [9.17, 15) is 20.1 Å². The van der Waals surface area contributed by atoms with Gasteiger partial charge in [0.1, 0.15) is 43.5 Å². The largest absolute Gasteiger partial charge is 0.491 e. The van der Waals surface area contributed by atoms with Crippen LogP contribution in [-0.2, 0) is 19.7 Å². The van der Waals surface area contributed by atoms with Gasteiger partial charge >= 0.3 is 5.97 Å². The third-order valence-electron chi connectivity index (χ3n) is 5.24. The van der Waals surface area contributed by atoms with Crippen LogP contribution in [0.15, 0.2) is 73.8 Å². The number of aliphatic hydroxyl groups excluding tert-OH is 3. The van der Waals surface area contributed by atoms with Gasteiger partial charge in [-0.2, -0.15) is 0 Å². The Kier molecular flexibility index (Phi) is 10.9. The third kappa shape index (κ3) is 9.18. The molecule has 0 aliphatic carbocycles. The van der Waals surface area contributed by atoms with E-state index in [0.29, 0.717) is 11.5 Å². The van der Waals surface area contributed by atoms with E-state index in [1.807, 2.05) is 36.4 Å². The van der Waals surface area contributed by atoms with Gasteiger partial charge in [-0.25, -0.2) is 4.79 Å². The van der Waals surface area contributed by atoms with Crippen molar-refractivity contribution in [2.75, 3.05) is 26.4 Å². The van der Waals surface area contributed by atoms with Gasteiger partial charge in [-0.3, -0.25) is 0 Å². The first-order valence-corrected chi connectivity index (χ1v) is 11.2. The van der Waals surface area contributed by atoms with Crippen molar-refractivity contribution in [3.63, 3.8) is 0 Å². The van der Waals surface area contributed by atoms with E-state index < -0.39 is 29.9 Å². The molecule has 0 aliphatic rings. The molecule has 0 aliphatic heterocycles. The number of hydrogen-bond donors (Lipinski definition) is 3. The van der Waals surface area contributed by atoms with Crippen LogP contribution in [0, 0.1) is 0 Å². The molecular weight excluding hydrogens is 452 g/mol. The molecule has 0 spiro atoms. The van der Waals surface area contributed by atoms with Crippen LogP contribution >= 0.6 is 0 Å². The lowest BCUT2D eigenvalue weighted by molar-refractivity contribution is -0.141. The van der Waals surface area contributed by atoms with Gasteiger partial charge in [-0.05, 0) is 41.5 Å². The van der Waals surface area contributed by atoms with Crippen molar-refractivity contribution in [3.8, 4) is 11.5 Å². The van der Waals surface area contributed by atoms with Gasteiger partial charge in [0.25, 0.3) is 0 Å². The molecule has 3 atom stereocenters. The number of carbonyl (C=O) groups excluding carboxylic acids is 1. The lowest BCUT2D eigenvalue weighted by Crippen LogP contribution is -2.26. The summed E-state index contributed by atoms with van der Waals surface area (Å²) in [6.45, 7) is 10.5. The normalized spacial score (nSPS) is 13.9. The lowest BCUT2D eigenvalue weighted by Gasteiger charge is -2.27. The molecule has 0 bridgehead atoms. The fourth-order valence-corrected chi connectivity index (χ4v) is 3.11. The molecule has 3 unspecified atom stereocenters. The molecule has 0 heterocycles. The zero-order chi connectivity index (χ0) is 25.8. The second-order valence-electron chi connectivity index (χ2n) is 8.40. The second-order valence-corrected chi connectivity index (χ2v) is 8.40. The summed E-state index contributed by atoms with van der Waals surface area (Å²) < 4.78 is 21.2. The number of carbonyl (C=O) groups is 1. The van der Waals surface area contributed by atoms with Gasteiger partial charge in [-0.15, -0.1) is 0 Å². The highest BCUT2D eigenvalue weighted by molar-refractivity contribution is 5.81. The van der Waals surface area contributed by atoms with E-state index >= 15 is 0 Å². The molecule has 8 nitrogen and oxygen atoms in total. The third-order valence-corrected chi connectivity index (χ3v) is 5.24. The molecule has 2 rings (SSSR count). The van der Waals surface area contributed by atoms with Gasteiger partial charge in [-0.1, -0.05) is 51.3 Å². The van der Waals surface area contributed by atoms with Gasteiger partial charge in [0.05, 0.1) is 6.61 Å². The monoisotopic (exact) mass is 486 g/mol. The number of aliphatic hydroxyl groups is 3. The van der Waals surface area contributed by atoms with Gasteiger partial charge in [0.15, 0.2) is 6.29 Å². The first-order chi connectivity index (χ1) is 16.6. The molecule has 0 fully saturated rings. The zero-order valence-electron chi connectivity index (χ0n) is 20.1. The summed E-state index contributed by atoms with van der Waals surface area (Å²) in [6, 6.07) is 15.1. The zero-order valence-corrected chi connectivity index (χ0v) is 20.1. The van der Waals surface area contributed by atoms with Crippen molar-refractivity contribution in [1.82, 2.24) is 0 Å². The predicted octanol–water partition coefficient (Wildman–Crippen LogP) is 2.74. The van der Waals surface area contributed by atoms with Crippen molar-refractivity contribution >= 4 is 5.97 Å². The van der Waals surface area contributed by atoms with Crippen LogP contribution in [0.1, 0.15) is 25.0 Å². The first kappa shape index (κ1) is 28.1. The Morgan fingerprint density at radius 3 is 1.89 bits per heavy atom. The fraction of sp³-hybridized carbons (Fsp3) is 0.370. The van der Waals surface area contributed by atoms with Crippen LogP contribution < -0.4 is 9.47 Å². The maximum absolute atomic E-state index is 11.1. The van der Waals surface area contributed by atoms with Crippen molar-refractivity contribution in [1.29, 1.82) is 0 Å². The minimum absolute atomic E-state index is 0.00150. The topological polar surface area (TPSA) is 115 Å². The van der Waals surface area contributed by atoms with Gasteiger partial charge < -0.3 is 34.3 Å². The van der Waals surface area contributed by atoms with Crippen molar-refractivity contribution in [3.05, 3.63) is 85.0 Å². The summed E-state index contributed by atoms with van der Waals surface area (Å²) in [6.07, 6.45) is -0.754. The molecule has 0 saturated carbocycles. The SMILES string of the molecule is C=CC(=O)OCC(O)COc1cccc(C(C)(C)c2cccc(OCC(O)COC(O)C=C)c2)c1. The van der Waals surface area contributed by atoms with E-state index in [2.05, 4.69) is 27.0 Å². The Morgan fingerprint density at radius 2 is 1.40 bits per heavy atom. The summed E-state index contributed by atoms with van der Waals surface area (Å²) in [7, 11) is 0. The Labute approximate surface area is 206 Å². The maximum Gasteiger partial charge on any atom is 0.330 e. The minimum atomic E-state index is -1.13. The molecule has 35 heavy (non-hydrogen) atoms. The van der Waals surface area contributed by atoms with Crippen LogP contribution in [0.25, 0.3) is 0 Å². The van der Waals surface area contributed by atoms with E-state index in [-0.39, 0.29) is 26.4 Å². The lowest BCUT2D eigenvalue weighted by atomic mass is 9.78. The summed E-state index contributed by atoms with van der Waals surface area (Å²) >= 11 is 0. The number of hydrogen-bond acceptors (Lipinski definition) is 8. The summed E-state index contributed by atoms with van der Waals surface area (Å²) in [5, 5.41) is 29.3. The molecule has 8 heteroatoms. The Morgan fingerprint density at radius 1 is 0.886 bits per heavy atom. The molecule has 3 N–H and O–H groups in total. The molecule has 0 radical (unpaired) electrons. The predicted molar refractivity (Wildman–Crippen MR) is 131 cm³/mol. The average molecular weight is 487 g/mol. The minimum Gasteiger partial charge on any atom is -0.491 e. The van der Waals surface area contributed by atoms with Gasteiger partial charge in [0, 0.05) is 11.5 Å². The van der Waals surface area contributed by atoms with E-state index in [4.69, 9.17) is 18.9 Å². The fourth-order valence-electron chi connectivity index (χ4n) is 3.11. The Balaban J connectivity index is 2.00. The van der Waals surface area contributed by atoms with E-state index in [0.717, 1.165) is 17.2 Å². The van der Waals surface area contributed by atoms with Crippen molar-refractivity contribution in [2.45, 2.75) is 37.8 Å². The van der Waals surface area contributed by atoms with Crippen LogP contribution in [0.5, 0.6) is 11.5 Å². The number of benzene rings is 2. The number of esters is 1. The van der Waals surface area contributed by atoms with Gasteiger partial charge in [0.2, 0.25) is 0 Å². The number of rotatable bonds is 15. The highest BCUT2D eigenvalue weighted by atomic mass is 16.6. The molecule has 190 valence electrons. The Bertz CT molecular complexity index is 971. The summed E-state index contributed by atoms with van der Waals surface area (Å²) in [5.41, 5.74) is 1.55. The van der Waals surface area contributed by atoms with Crippen LogP contribution in [-0.4, -0.2) is 66.2 Å². The highest BCUT2D eigenvalue weighted by Crippen LogP contribution is 2.34. The Hall–Kier alpha value is -3.17. The number of ether oxygens (including phenoxy) is 4. The van der Waals surface area contributed by atoms with Crippen molar-refractivity contribution in [2.24, 2.45) is 0 Å². The molecular formula is C27H34O8. The smallest absolute Gasteiger partial charge is 0.330 e. The average Bonchev–Trinajstić information content (AvgIpc) is 2.88. The highest BCUT2D eigenvalue weighted by Gasteiger charge is 2.24. The van der Waals surface area contributed by atoms with E-state index in [1.165, 1.54) is 6.08 Å². The first-order valence-electron chi connectivity index (χ1n) is 11.2. The maximum atomic E-state index is 11.1. The quantitative estimate of drug-likeness (QED) is 0.152. The summed E-state index contributed by atoms with van der Waals surface area (Å²) in [4.78, 5) is 11.1. The standard InChI is InChI=1S/C27H34O8/c1-5-25(30)34-17-21(28)15-32-23-11-7-9-19(13-23)27(3,4)20-10-8-12-24(14-20)33-16-22(29)18-35-26(31)6-2/h5-14,21-22,25,28-30H,1-2,15-18H2,3-4H3. The molecule has 0 amide bonds. The molecule has 0 aromatic heterocycles. The van der Waals surface area contributed by atoms with Crippen LogP contribution in [0.2, 0.25) is 0 Å².